The number of carbonyl (C=O) groups excluding carboxylic acids is 1. The fourth-order valence-corrected chi connectivity index (χ4v) is 4.03. The van der Waals surface area contributed by atoms with Gasteiger partial charge in [-0.25, -0.2) is 9.78 Å². The van der Waals surface area contributed by atoms with Gasteiger partial charge in [-0.1, -0.05) is 20.8 Å². The molecule has 0 aliphatic heterocycles. The molecule has 0 fully saturated rings. The maximum Gasteiger partial charge on any atom is 0.339 e. The summed E-state index contributed by atoms with van der Waals surface area (Å²) in [5, 5.41) is 6.95. The number of anilines is 1. The molecule has 29 heavy (non-hydrogen) atoms. The van der Waals surface area contributed by atoms with Crippen molar-refractivity contribution in [2.24, 2.45) is 0 Å². The van der Waals surface area contributed by atoms with E-state index in [1.165, 1.54) is 11.3 Å². The van der Waals surface area contributed by atoms with Gasteiger partial charge in [-0.15, -0.1) is 11.3 Å². The van der Waals surface area contributed by atoms with Gasteiger partial charge in [-0.2, -0.15) is 0 Å². The molecule has 0 saturated carbocycles. The molecule has 0 aliphatic rings. The molecule has 0 bridgehead atoms. The van der Waals surface area contributed by atoms with Crippen LogP contribution in [0, 0.1) is 6.92 Å². The number of nitrogens with one attached hydrogen (secondary N) is 1. The predicted octanol–water partition coefficient (Wildman–Crippen LogP) is 5.17. The number of hydrogen-bond acceptors (Lipinski definition) is 6. The minimum absolute atomic E-state index is 0.0702. The lowest BCUT2D eigenvalue weighted by Crippen LogP contribution is -2.16. The van der Waals surface area contributed by atoms with Gasteiger partial charge >= 0.3 is 5.63 Å². The maximum absolute atomic E-state index is 12.5. The summed E-state index contributed by atoms with van der Waals surface area (Å²) < 4.78 is 11.3. The molecule has 3 heterocycles. The quantitative estimate of drug-likeness (QED) is 0.469. The first kappa shape index (κ1) is 19.4. The van der Waals surface area contributed by atoms with Gasteiger partial charge in [-0.3, -0.25) is 4.79 Å². The molecule has 1 N–H and O–H groups in total. The van der Waals surface area contributed by atoms with E-state index >= 15 is 0 Å². The number of thiazole rings is 1. The highest BCUT2D eigenvalue weighted by molar-refractivity contribution is 7.13. The highest BCUT2D eigenvalue weighted by Gasteiger charge is 2.21. The summed E-state index contributed by atoms with van der Waals surface area (Å²) in [7, 11) is 0. The summed E-state index contributed by atoms with van der Waals surface area (Å²) >= 11 is 1.35. The normalized spacial score (nSPS) is 12.0. The topological polar surface area (TPSA) is 85.3 Å². The van der Waals surface area contributed by atoms with E-state index in [-0.39, 0.29) is 17.7 Å². The number of hydrogen-bond donors (Lipinski definition) is 1. The number of fused-ring (bicyclic) bond motifs is 2. The van der Waals surface area contributed by atoms with Crippen LogP contribution >= 0.6 is 11.3 Å². The molecule has 7 heteroatoms. The number of aromatic nitrogens is 1. The van der Waals surface area contributed by atoms with Crippen LogP contribution in [0.15, 0.2) is 43.6 Å². The molecule has 1 aromatic carbocycles. The van der Waals surface area contributed by atoms with E-state index in [9.17, 15) is 9.59 Å². The summed E-state index contributed by atoms with van der Waals surface area (Å²) in [6.07, 6.45) is 3.88. The number of furan rings is 1. The van der Waals surface area contributed by atoms with Crippen LogP contribution < -0.4 is 10.9 Å². The second-order valence-corrected chi connectivity index (χ2v) is 9.02. The first-order valence-corrected chi connectivity index (χ1v) is 10.3. The van der Waals surface area contributed by atoms with Crippen LogP contribution in [0.4, 0.5) is 5.13 Å². The molecular formula is C22H22N2O4S. The van der Waals surface area contributed by atoms with Crippen LogP contribution in [-0.2, 0) is 16.6 Å². The van der Waals surface area contributed by atoms with E-state index in [0.717, 1.165) is 21.9 Å². The SMILES string of the molecule is Cc1c(CCC(=O)Nc2nccs2)c(=O)oc2cc3occ(C(C)(C)C)c3cc12. The monoisotopic (exact) mass is 410 g/mol. The van der Waals surface area contributed by atoms with Gasteiger partial charge in [0, 0.05) is 46.0 Å². The molecule has 4 aromatic rings. The van der Waals surface area contributed by atoms with Gasteiger partial charge in [0.05, 0.1) is 6.26 Å². The van der Waals surface area contributed by atoms with Crippen molar-refractivity contribution in [2.45, 2.75) is 46.0 Å². The zero-order valence-electron chi connectivity index (χ0n) is 16.8. The van der Waals surface area contributed by atoms with E-state index in [1.54, 1.807) is 23.9 Å². The van der Waals surface area contributed by atoms with Crippen molar-refractivity contribution in [1.82, 2.24) is 4.98 Å². The average Bonchev–Trinajstić information content (AvgIpc) is 3.28. The standard InChI is InChI=1S/C22H22N2O4S/c1-12-13(5-6-19(25)24-21-23-7-8-29-21)20(26)28-18-10-17-15(9-14(12)18)16(11-27-17)22(2,3)4/h7-11H,5-6H2,1-4H3,(H,23,24,25). The molecule has 0 saturated heterocycles. The Hall–Kier alpha value is -2.93. The minimum atomic E-state index is -0.418. The molecule has 6 nitrogen and oxygen atoms in total. The van der Waals surface area contributed by atoms with E-state index < -0.39 is 5.63 Å². The summed E-state index contributed by atoms with van der Waals surface area (Å²) in [6, 6.07) is 3.79. The smallest absolute Gasteiger partial charge is 0.339 e. The Morgan fingerprint density at radius 2 is 2.00 bits per heavy atom. The third-order valence-electron chi connectivity index (χ3n) is 5.07. The van der Waals surface area contributed by atoms with Gasteiger partial charge in [0.25, 0.3) is 0 Å². The first-order valence-electron chi connectivity index (χ1n) is 9.41. The number of amides is 1. The fraction of sp³-hybridized carbons (Fsp3) is 0.318. The highest BCUT2D eigenvalue weighted by Crippen LogP contribution is 2.35. The molecular weight excluding hydrogens is 388 g/mol. The Morgan fingerprint density at radius 3 is 2.69 bits per heavy atom. The van der Waals surface area contributed by atoms with Crippen LogP contribution in [0.1, 0.15) is 43.9 Å². The van der Waals surface area contributed by atoms with Crippen molar-refractivity contribution in [3.63, 3.8) is 0 Å². The summed E-state index contributed by atoms with van der Waals surface area (Å²) in [4.78, 5) is 28.8. The maximum atomic E-state index is 12.5. The predicted molar refractivity (Wildman–Crippen MR) is 115 cm³/mol. The average molecular weight is 410 g/mol. The van der Waals surface area contributed by atoms with E-state index in [1.807, 2.05) is 13.0 Å². The van der Waals surface area contributed by atoms with E-state index in [4.69, 9.17) is 8.83 Å². The fourth-order valence-electron chi connectivity index (χ4n) is 3.49. The number of benzene rings is 1. The molecule has 0 aliphatic carbocycles. The van der Waals surface area contributed by atoms with Gasteiger partial charge in [0.15, 0.2) is 5.13 Å². The Morgan fingerprint density at radius 1 is 1.21 bits per heavy atom. The van der Waals surface area contributed by atoms with E-state index in [0.29, 0.717) is 28.3 Å². The Bertz CT molecular complexity index is 1260. The third-order valence-corrected chi connectivity index (χ3v) is 5.76. The number of nitrogens with zero attached hydrogens (tertiary/aromatic N) is 1. The van der Waals surface area contributed by atoms with Crippen LogP contribution in [0.3, 0.4) is 0 Å². The number of aryl methyl sites for hydroxylation is 1. The van der Waals surface area contributed by atoms with Crippen molar-refractivity contribution in [1.29, 1.82) is 0 Å². The second kappa shape index (κ2) is 7.15. The molecule has 0 radical (unpaired) electrons. The van der Waals surface area contributed by atoms with Crippen LogP contribution in [0.2, 0.25) is 0 Å². The lowest BCUT2D eigenvalue weighted by atomic mass is 9.86. The minimum Gasteiger partial charge on any atom is -0.464 e. The zero-order valence-corrected chi connectivity index (χ0v) is 17.6. The van der Waals surface area contributed by atoms with Crippen LogP contribution in [0.5, 0.6) is 0 Å². The number of carbonyl (C=O) groups is 1. The van der Waals surface area contributed by atoms with Crippen molar-refractivity contribution < 1.29 is 13.6 Å². The third kappa shape index (κ3) is 3.70. The van der Waals surface area contributed by atoms with E-state index in [2.05, 4.69) is 31.1 Å². The summed E-state index contributed by atoms with van der Waals surface area (Å²) in [5.74, 6) is -0.181. The molecule has 0 unspecified atom stereocenters. The molecule has 0 spiro atoms. The van der Waals surface area contributed by atoms with Gasteiger partial charge in [-0.05, 0) is 30.4 Å². The molecule has 1 amide bonds. The molecule has 4 rings (SSSR count). The first-order chi connectivity index (χ1) is 13.7. The van der Waals surface area contributed by atoms with Gasteiger partial charge in [0.1, 0.15) is 11.2 Å². The van der Waals surface area contributed by atoms with Crippen LogP contribution in [-0.4, -0.2) is 10.9 Å². The van der Waals surface area contributed by atoms with Crippen LogP contribution in [0.25, 0.3) is 21.9 Å². The lowest BCUT2D eigenvalue weighted by molar-refractivity contribution is -0.116. The van der Waals surface area contributed by atoms with Crippen molar-refractivity contribution in [3.8, 4) is 0 Å². The Kier molecular flexibility index (Phi) is 4.78. The van der Waals surface area contributed by atoms with Crippen molar-refractivity contribution >= 4 is 44.3 Å². The van der Waals surface area contributed by atoms with Gasteiger partial charge in [0.2, 0.25) is 5.91 Å². The largest absolute Gasteiger partial charge is 0.464 e. The molecule has 0 atom stereocenters. The summed E-state index contributed by atoms with van der Waals surface area (Å²) in [5.41, 5.74) is 3.15. The Balaban J connectivity index is 1.70. The summed E-state index contributed by atoms with van der Waals surface area (Å²) in [6.45, 7) is 8.29. The lowest BCUT2D eigenvalue weighted by Gasteiger charge is -2.16. The highest BCUT2D eigenvalue weighted by atomic mass is 32.1. The van der Waals surface area contributed by atoms with Crippen molar-refractivity contribution in [2.75, 3.05) is 5.32 Å². The molecule has 150 valence electrons. The van der Waals surface area contributed by atoms with Gasteiger partial charge < -0.3 is 14.2 Å². The second-order valence-electron chi connectivity index (χ2n) is 8.12. The number of rotatable bonds is 4. The molecule has 3 aromatic heterocycles. The zero-order chi connectivity index (χ0) is 20.8. The van der Waals surface area contributed by atoms with Crippen molar-refractivity contribution in [3.05, 3.63) is 57.1 Å². The Labute approximate surface area is 171 Å².